The summed E-state index contributed by atoms with van der Waals surface area (Å²) >= 11 is 0. The van der Waals surface area contributed by atoms with E-state index in [1.165, 1.54) is 88.7 Å². The molecule has 310 valence electrons. The molecule has 2 bridgehead atoms. The second kappa shape index (κ2) is 16.8. The zero-order valence-electron chi connectivity index (χ0n) is 36.2. The number of hydrogen-bond donors (Lipinski definition) is 2. The van der Waals surface area contributed by atoms with Gasteiger partial charge in [0.05, 0.1) is 0 Å². The number of hydrogen-bond acceptors (Lipinski definition) is 2. The molecule has 0 unspecified atom stereocenters. The number of rotatable bonds is 7. The first-order valence-electron chi connectivity index (χ1n) is 22.6. The highest BCUT2D eigenvalue weighted by atomic mass is 14.9. The Hall–Kier alpha value is -8.72. The third-order valence-corrected chi connectivity index (χ3v) is 13.0. The van der Waals surface area contributed by atoms with Crippen LogP contribution in [0.15, 0.2) is 255 Å². The summed E-state index contributed by atoms with van der Waals surface area (Å²) in [5, 5.41) is 10.1. The van der Waals surface area contributed by atoms with Crippen molar-refractivity contribution >= 4 is 33.5 Å². The quantitative estimate of drug-likeness (QED) is 0.167. The van der Waals surface area contributed by atoms with Gasteiger partial charge in [-0.15, -0.1) is 0 Å². The lowest BCUT2D eigenvalue weighted by molar-refractivity contribution is 1.50. The van der Waals surface area contributed by atoms with E-state index < -0.39 is 0 Å². The Morgan fingerprint density at radius 1 is 0.227 bits per heavy atom. The van der Waals surface area contributed by atoms with Crippen LogP contribution in [0.5, 0.6) is 0 Å². The number of nitrogens with one attached hydrogen (secondary N) is 2. The molecule has 0 radical (unpaired) electrons. The summed E-state index contributed by atoms with van der Waals surface area (Å²) in [6, 6.07) is 92.3. The van der Waals surface area contributed by atoms with Gasteiger partial charge in [0, 0.05) is 39.4 Å². The van der Waals surface area contributed by atoms with Gasteiger partial charge in [0.1, 0.15) is 0 Å². The molecule has 1 aliphatic heterocycles. The highest BCUT2D eigenvalue weighted by Crippen LogP contribution is 2.45. The van der Waals surface area contributed by atoms with Crippen molar-refractivity contribution in [2.75, 3.05) is 10.6 Å². The number of anilines is 4. The molecule has 0 saturated carbocycles. The van der Waals surface area contributed by atoms with Crippen LogP contribution in [0.2, 0.25) is 0 Å². The Balaban J connectivity index is 0.846. The fourth-order valence-electron chi connectivity index (χ4n) is 9.54. The van der Waals surface area contributed by atoms with Crippen LogP contribution in [0.3, 0.4) is 0 Å². The molecule has 66 heavy (non-hydrogen) atoms. The van der Waals surface area contributed by atoms with Gasteiger partial charge in [0.25, 0.3) is 0 Å². The summed E-state index contributed by atoms with van der Waals surface area (Å²) in [6.07, 6.45) is 0. The van der Waals surface area contributed by atoms with E-state index in [0.29, 0.717) is 0 Å². The van der Waals surface area contributed by atoms with Crippen LogP contribution in [0.4, 0.5) is 22.7 Å². The average molecular weight is 841 g/mol. The zero-order chi connectivity index (χ0) is 43.8. The minimum absolute atomic E-state index is 1.04. The average Bonchev–Trinajstić information content (AvgIpc) is 3.39. The molecule has 0 fully saturated rings. The van der Waals surface area contributed by atoms with Gasteiger partial charge in [0.15, 0.2) is 0 Å². The molecular weight excluding hydrogens is 797 g/mol. The Labute approximate surface area is 386 Å². The molecule has 0 aromatic heterocycles. The molecule has 0 atom stereocenters. The predicted octanol–water partition coefficient (Wildman–Crippen LogP) is 18.0. The van der Waals surface area contributed by atoms with Crippen LogP contribution in [0, 0.1) is 0 Å². The Morgan fingerprint density at radius 2 is 0.682 bits per heavy atom. The monoisotopic (exact) mass is 840 g/mol. The summed E-state index contributed by atoms with van der Waals surface area (Å²) in [4.78, 5) is 0. The van der Waals surface area contributed by atoms with Crippen molar-refractivity contribution in [1.29, 1.82) is 0 Å². The second-order valence-electron chi connectivity index (χ2n) is 17.1. The Bertz CT molecular complexity index is 3540. The van der Waals surface area contributed by atoms with Crippen LogP contribution in [0.1, 0.15) is 0 Å². The van der Waals surface area contributed by atoms with Crippen molar-refractivity contribution in [2.45, 2.75) is 0 Å². The molecule has 2 N–H and O–H groups in total. The molecule has 0 aliphatic carbocycles. The molecule has 12 rings (SSSR count). The van der Waals surface area contributed by atoms with E-state index in [2.05, 4.69) is 265 Å². The van der Waals surface area contributed by atoms with Gasteiger partial charge < -0.3 is 10.6 Å². The summed E-state index contributed by atoms with van der Waals surface area (Å²) in [5.41, 5.74) is 23.3. The van der Waals surface area contributed by atoms with Gasteiger partial charge in [-0.3, -0.25) is 0 Å². The highest BCUT2D eigenvalue weighted by Gasteiger charge is 2.18. The van der Waals surface area contributed by atoms with Gasteiger partial charge in [0.2, 0.25) is 0 Å². The molecule has 0 amide bonds. The lowest BCUT2D eigenvalue weighted by Gasteiger charge is -2.22. The molecule has 1 heterocycles. The van der Waals surface area contributed by atoms with Crippen LogP contribution in [0.25, 0.3) is 99.8 Å². The van der Waals surface area contributed by atoms with E-state index in [9.17, 15) is 0 Å². The third kappa shape index (κ3) is 7.51. The van der Waals surface area contributed by atoms with E-state index in [0.717, 1.165) is 33.9 Å². The van der Waals surface area contributed by atoms with Gasteiger partial charge in [-0.1, -0.05) is 200 Å². The normalized spacial score (nSPS) is 11.5. The minimum Gasteiger partial charge on any atom is -0.355 e. The minimum atomic E-state index is 1.04. The maximum absolute atomic E-state index is 3.91. The zero-order valence-corrected chi connectivity index (χ0v) is 36.2. The Kier molecular flexibility index (Phi) is 9.89. The Morgan fingerprint density at radius 3 is 1.33 bits per heavy atom. The van der Waals surface area contributed by atoms with Crippen LogP contribution in [-0.2, 0) is 0 Å². The van der Waals surface area contributed by atoms with Crippen molar-refractivity contribution in [3.63, 3.8) is 0 Å². The summed E-state index contributed by atoms with van der Waals surface area (Å²) < 4.78 is 0. The van der Waals surface area contributed by atoms with E-state index >= 15 is 0 Å². The molecule has 11 aromatic rings. The first kappa shape index (κ1) is 38.9. The second-order valence-corrected chi connectivity index (χ2v) is 17.1. The highest BCUT2D eigenvalue weighted by molar-refractivity contribution is 6.01. The van der Waals surface area contributed by atoms with Gasteiger partial charge in [-0.05, 0) is 138 Å². The standard InChI is InChI=1S/C64H44N2/c1-3-12-43(13-4-1)44-22-24-45(25-23-44)46-30-34-56(35-31-46)65-62-36-32-52(39-59(62)49-14-5-2-6-15-49)47-26-28-48(29-27-47)53-33-37-63-60(40-53)55-19-11-18-54(38-55)57-20-9-10-21-58(57)61-41-50-16-7-8-17-51(50)42-64(61)66-63/h1-42,65-66H. The number of fused-ring (bicyclic) bond motifs is 9. The third-order valence-electron chi connectivity index (χ3n) is 13.0. The molecular formula is C64H44N2. The molecule has 2 heteroatoms. The van der Waals surface area contributed by atoms with E-state index in [-0.39, 0.29) is 0 Å². The predicted molar refractivity (Wildman–Crippen MR) is 280 cm³/mol. The smallest absolute Gasteiger partial charge is 0.0470 e. The fraction of sp³-hybridized carbons (Fsp3) is 0. The van der Waals surface area contributed by atoms with Crippen molar-refractivity contribution in [2.24, 2.45) is 0 Å². The SMILES string of the molecule is c1ccc(-c2ccc(-c3ccc(Nc4ccc(-c5ccc(-c6ccc7c(c6)-c6cccc(c6)-c6ccccc6-c6cc8ccccc8cc6N7)cc5)cc4-c4ccccc4)cc3)cc2)cc1. The van der Waals surface area contributed by atoms with Crippen molar-refractivity contribution in [3.8, 4) is 89.0 Å². The van der Waals surface area contributed by atoms with Gasteiger partial charge in [-0.2, -0.15) is 0 Å². The summed E-state index contributed by atoms with van der Waals surface area (Å²) in [7, 11) is 0. The lowest BCUT2D eigenvalue weighted by atomic mass is 9.88. The van der Waals surface area contributed by atoms with Crippen molar-refractivity contribution < 1.29 is 0 Å². The van der Waals surface area contributed by atoms with E-state index in [4.69, 9.17) is 0 Å². The molecule has 1 aliphatic rings. The van der Waals surface area contributed by atoms with Crippen LogP contribution in [-0.4, -0.2) is 0 Å². The van der Waals surface area contributed by atoms with Crippen LogP contribution < -0.4 is 10.6 Å². The largest absolute Gasteiger partial charge is 0.355 e. The van der Waals surface area contributed by atoms with E-state index in [1.54, 1.807) is 0 Å². The maximum atomic E-state index is 3.91. The molecule has 11 aromatic carbocycles. The number of benzene rings is 11. The maximum Gasteiger partial charge on any atom is 0.0470 e. The van der Waals surface area contributed by atoms with Gasteiger partial charge >= 0.3 is 0 Å². The van der Waals surface area contributed by atoms with Crippen molar-refractivity contribution in [3.05, 3.63) is 255 Å². The van der Waals surface area contributed by atoms with Crippen LogP contribution >= 0.6 is 0 Å². The first-order valence-corrected chi connectivity index (χ1v) is 22.6. The molecule has 2 nitrogen and oxygen atoms in total. The van der Waals surface area contributed by atoms with Gasteiger partial charge in [-0.25, -0.2) is 0 Å². The first-order chi connectivity index (χ1) is 32.7. The topological polar surface area (TPSA) is 24.1 Å². The lowest BCUT2D eigenvalue weighted by Crippen LogP contribution is -1.99. The van der Waals surface area contributed by atoms with E-state index in [1.807, 2.05) is 0 Å². The van der Waals surface area contributed by atoms with Crippen molar-refractivity contribution in [1.82, 2.24) is 0 Å². The fourth-order valence-corrected chi connectivity index (χ4v) is 9.54. The summed E-state index contributed by atoms with van der Waals surface area (Å²) in [5.74, 6) is 0. The molecule has 0 spiro atoms. The molecule has 0 saturated heterocycles. The summed E-state index contributed by atoms with van der Waals surface area (Å²) in [6.45, 7) is 0.